The second kappa shape index (κ2) is 10.1. The van der Waals surface area contributed by atoms with Crippen molar-refractivity contribution in [2.45, 2.75) is 63.2 Å². The van der Waals surface area contributed by atoms with Crippen LogP contribution in [0.15, 0.2) is 47.6 Å². The van der Waals surface area contributed by atoms with E-state index in [0.29, 0.717) is 25.6 Å². The number of halogens is 1. The van der Waals surface area contributed by atoms with Gasteiger partial charge in [0.05, 0.1) is 23.5 Å². The van der Waals surface area contributed by atoms with Gasteiger partial charge in [-0.1, -0.05) is 43.2 Å². The molecule has 2 aromatic carbocycles. The third kappa shape index (κ3) is 4.75. The summed E-state index contributed by atoms with van der Waals surface area (Å²) in [6.45, 7) is 1.16. The third-order valence-corrected chi connectivity index (χ3v) is 7.13. The van der Waals surface area contributed by atoms with Gasteiger partial charge in [-0.3, -0.25) is 10.2 Å². The van der Waals surface area contributed by atoms with Crippen molar-refractivity contribution in [3.05, 3.63) is 70.5 Å². The van der Waals surface area contributed by atoms with Gasteiger partial charge in [0.15, 0.2) is 0 Å². The van der Waals surface area contributed by atoms with Gasteiger partial charge < -0.3 is 14.4 Å². The van der Waals surface area contributed by atoms with Gasteiger partial charge in [0, 0.05) is 25.1 Å². The first-order chi connectivity index (χ1) is 16.6. The minimum Gasteiger partial charge on any atom is -0.375 e. The molecule has 0 bridgehead atoms. The number of carbonyl (C=O) groups is 2. The number of carbonyl (C=O) groups excluding carboxylic acids is 2. The number of hydrazone groups is 1. The minimum atomic E-state index is -0.511. The lowest BCUT2D eigenvalue weighted by Gasteiger charge is -2.33. The summed E-state index contributed by atoms with van der Waals surface area (Å²) in [5.74, 6) is -0.785. The highest BCUT2D eigenvalue weighted by Crippen LogP contribution is 2.27. The number of aldehydes is 1. The Bertz CT molecular complexity index is 1090. The molecule has 3 aliphatic rings. The SMILES string of the molecule is O=CC1NN=C(Cc2ccc(F)c(C(=O)N3CCC(OC4CCCC4)CC3)c2)c2ccccc21. The van der Waals surface area contributed by atoms with E-state index in [1.54, 1.807) is 17.0 Å². The Morgan fingerprint density at radius 2 is 1.82 bits per heavy atom. The molecule has 1 saturated carbocycles. The molecule has 5 rings (SSSR count). The van der Waals surface area contributed by atoms with Crippen molar-refractivity contribution in [3.63, 3.8) is 0 Å². The lowest BCUT2D eigenvalue weighted by molar-refractivity contribution is -0.109. The smallest absolute Gasteiger partial charge is 0.256 e. The van der Waals surface area contributed by atoms with Crippen molar-refractivity contribution in [2.24, 2.45) is 5.10 Å². The van der Waals surface area contributed by atoms with Crippen molar-refractivity contribution < 1.29 is 18.7 Å². The molecule has 2 aromatic rings. The van der Waals surface area contributed by atoms with Crippen LogP contribution in [0.5, 0.6) is 0 Å². The van der Waals surface area contributed by atoms with Crippen LogP contribution in [0.4, 0.5) is 4.39 Å². The zero-order chi connectivity index (χ0) is 23.5. The van der Waals surface area contributed by atoms with E-state index in [0.717, 1.165) is 54.4 Å². The summed E-state index contributed by atoms with van der Waals surface area (Å²) in [7, 11) is 0. The number of amides is 1. The molecule has 0 spiro atoms. The van der Waals surface area contributed by atoms with Gasteiger partial charge >= 0.3 is 0 Å². The van der Waals surface area contributed by atoms with Crippen molar-refractivity contribution in [2.75, 3.05) is 13.1 Å². The molecule has 2 heterocycles. The quantitative estimate of drug-likeness (QED) is 0.653. The van der Waals surface area contributed by atoms with Crippen molar-refractivity contribution in [3.8, 4) is 0 Å². The van der Waals surface area contributed by atoms with E-state index in [1.165, 1.54) is 18.9 Å². The average Bonchev–Trinajstić information content (AvgIpc) is 3.38. The first kappa shape index (κ1) is 22.7. The molecule has 1 N–H and O–H groups in total. The number of rotatable bonds is 6. The molecule has 2 fully saturated rings. The Morgan fingerprint density at radius 3 is 2.59 bits per heavy atom. The minimum absolute atomic E-state index is 0.0936. The molecule has 6 nitrogen and oxygen atoms in total. The number of nitrogens with zero attached hydrogens (tertiary/aromatic N) is 2. The zero-order valence-corrected chi connectivity index (χ0v) is 19.2. The van der Waals surface area contributed by atoms with Gasteiger partial charge in [-0.05, 0) is 48.9 Å². The van der Waals surface area contributed by atoms with Gasteiger partial charge in [-0.2, -0.15) is 5.10 Å². The number of fused-ring (bicyclic) bond motifs is 1. The van der Waals surface area contributed by atoms with Crippen LogP contribution in [0.25, 0.3) is 0 Å². The maximum atomic E-state index is 14.7. The highest BCUT2D eigenvalue weighted by Gasteiger charge is 2.29. The maximum Gasteiger partial charge on any atom is 0.256 e. The third-order valence-electron chi connectivity index (χ3n) is 7.13. The molecule has 2 aliphatic heterocycles. The molecular weight excluding hydrogens is 433 g/mol. The van der Waals surface area contributed by atoms with E-state index in [2.05, 4.69) is 10.5 Å². The molecular formula is C27H30FN3O3. The Morgan fingerprint density at radius 1 is 1.09 bits per heavy atom. The van der Waals surface area contributed by atoms with E-state index in [1.807, 2.05) is 24.3 Å². The van der Waals surface area contributed by atoms with Gasteiger partial charge in [0.1, 0.15) is 18.1 Å². The predicted molar refractivity (Wildman–Crippen MR) is 127 cm³/mol. The molecule has 34 heavy (non-hydrogen) atoms. The Hall–Kier alpha value is -3.06. The fraction of sp³-hybridized carbons (Fsp3) is 0.444. The largest absolute Gasteiger partial charge is 0.375 e. The summed E-state index contributed by atoms with van der Waals surface area (Å²) in [5, 5.41) is 4.39. The summed E-state index contributed by atoms with van der Waals surface area (Å²) < 4.78 is 20.9. The van der Waals surface area contributed by atoms with E-state index >= 15 is 0 Å². The fourth-order valence-corrected chi connectivity index (χ4v) is 5.25. The summed E-state index contributed by atoms with van der Waals surface area (Å²) in [5.41, 5.74) is 6.28. The molecule has 1 unspecified atom stereocenters. The Labute approximate surface area is 199 Å². The molecule has 7 heteroatoms. The molecule has 0 radical (unpaired) electrons. The first-order valence-electron chi connectivity index (χ1n) is 12.2. The number of benzene rings is 2. The predicted octanol–water partition coefficient (Wildman–Crippen LogP) is 4.18. The number of piperidine rings is 1. The van der Waals surface area contributed by atoms with E-state index in [4.69, 9.17) is 4.74 Å². The summed E-state index contributed by atoms with van der Waals surface area (Å²) in [6.07, 6.45) is 8.15. The van der Waals surface area contributed by atoms with Crippen molar-refractivity contribution in [1.82, 2.24) is 10.3 Å². The van der Waals surface area contributed by atoms with E-state index in [9.17, 15) is 14.0 Å². The standard InChI is InChI=1S/C27H30FN3O3/c28-24-10-9-18(16-25-21-7-3-4-8-22(21)26(17-32)30-29-25)15-23(24)27(33)31-13-11-20(12-14-31)34-19-5-1-2-6-19/h3-4,7-10,15,17,19-20,26,30H,1-2,5-6,11-14,16H2. The van der Waals surface area contributed by atoms with E-state index < -0.39 is 11.9 Å². The summed E-state index contributed by atoms with van der Waals surface area (Å²) >= 11 is 0. The van der Waals surface area contributed by atoms with Crippen LogP contribution in [0.3, 0.4) is 0 Å². The fourth-order valence-electron chi connectivity index (χ4n) is 5.25. The molecule has 1 aliphatic carbocycles. The second-order valence-electron chi connectivity index (χ2n) is 9.41. The number of nitrogens with one attached hydrogen (secondary N) is 1. The van der Waals surface area contributed by atoms with E-state index in [-0.39, 0.29) is 17.6 Å². The number of likely N-dealkylation sites (tertiary alicyclic amines) is 1. The highest BCUT2D eigenvalue weighted by molar-refractivity contribution is 6.04. The monoisotopic (exact) mass is 463 g/mol. The molecule has 1 atom stereocenters. The van der Waals surface area contributed by atoms with Crippen molar-refractivity contribution in [1.29, 1.82) is 0 Å². The molecule has 1 amide bonds. The normalized spacial score (nSPS) is 21.0. The van der Waals surface area contributed by atoms with Crippen LogP contribution < -0.4 is 5.43 Å². The first-order valence-corrected chi connectivity index (χ1v) is 12.2. The molecule has 1 saturated heterocycles. The van der Waals surface area contributed by atoms with Crippen LogP contribution in [-0.4, -0.2) is 48.1 Å². The average molecular weight is 464 g/mol. The van der Waals surface area contributed by atoms with Crippen LogP contribution >= 0.6 is 0 Å². The Balaban J connectivity index is 1.27. The lowest BCUT2D eigenvalue weighted by Crippen LogP contribution is -2.42. The lowest BCUT2D eigenvalue weighted by atomic mass is 9.92. The topological polar surface area (TPSA) is 71.0 Å². The second-order valence-corrected chi connectivity index (χ2v) is 9.41. The summed E-state index contributed by atoms with van der Waals surface area (Å²) in [6, 6.07) is 11.8. The number of hydrogen-bond donors (Lipinski definition) is 1. The maximum absolute atomic E-state index is 14.7. The van der Waals surface area contributed by atoms with Gasteiger partial charge in [0.25, 0.3) is 5.91 Å². The van der Waals surface area contributed by atoms with Crippen LogP contribution in [-0.2, 0) is 16.0 Å². The van der Waals surface area contributed by atoms with Crippen LogP contribution in [0, 0.1) is 5.82 Å². The van der Waals surface area contributed by atoms with Crippen molar-refractivity contribution >= 4 is 17.9 Å². The van der Waals surface area contributed by atoms with Gasteiger partial charge in [0.2, 0.25) is 0 Å². The Kier molecular flexibility index (Phi) is 6.72. The van der Waals surface area contributed by atoms with Crippen LogP contribution in [0.1, 0.15) is 71.6 Å². The molecule has 178 valence electrons. The zero-order valence-electron chi connectivity index (χ0n) is 19.2. The summed E-state index contributed by atoms with van der Waals surface area (Å²) in [4.78, 5) is 26.3. The highest BCUT2D eigenvalue weighted by atomic mass is 19.1. The van der Waals surface area contributed by atoms with Crippen LogP contribution in [0.2, 0.25) is 0 Å². The van der Waals surface area contributed by atoms with Gasteiger partial charge in [-0.15, -0.1) is 0 Å². The van der Waals surface area contributed by atoms with Gasteiger partial charge in [-0.25, -0.2) is 4.39 Å². The molecule has 0 aromatic heterocycles. The number of ether oxygens (including phenoxy) is 1. The number of hydrogen-bond acceptors (Lipinski definition) is 5.